The fourth-order valence-electron chi connectivity index (χ4n) is 2.76. The molecule has 1 aromatic heterocycles. The van der Waals surface area contributed by atoms with Gasteiger partial charge in [0.25, 0.3) is 5.91 Å². The summed E-state index contributed by atoms with van der Waals surface area (Å²) < 4.78 is 0. The van der Waals surface area contributed by atoms with Gasteiger partial charge in [-0.2, -0.15) is 0 Å². The second-order valence-electron chi connectivity index (χ2n) is 6.01. The highest BCUT2D eigenvalue weighted by atomic mass is 16.1. The molecule has 1 saturated carbocycles. The Labute approximate surface area is 140 Å². The number of rotatable bonds is 5. The van der Waals surface area contributed by atoms with Crippen LogP contribution < -0.4 is 10.6 Å². The van der Waals surface area contributed by atoms with E-state index < -0.39 is 0 Å². The Hall–Kier alpha value is -2.76. The zero-order valence-electron chi connectivity index (χ0n) is 13.6. The lowest BCUT2D eigenvalue weighted by atomic mass is 10.1. The number of carbonyl (C=O) groups excluding carboxylic acids is 2. The average Bonchev–Trinajstić information content (AvgIpc) is 3.09. The molecule has 1 aliphatic carbocycles. The highest BCUT2D eigenvalue weighted by Gasteiger charge is 2.16. The molecule has 2 aromatic rings. The number of aromatic nitrogens is 2. The minimum atomic E-state index is -0.280. The van der Waals surface area contributed by atoms with Crippen molar-refractivity contribution in [2.45, 2.75) is 38.6 Å². The molecule has 0 bridgehead atoms. The van der Waals surface area contributed by atoms with Crippen molar-refractivity contribution in [2.75, 3.05) is 10.6 Å². The summed E-state index contributed by atoms with van der Waals surface area (Å²) in [5.41, 5.74) is 1.62. The van der Waals surface area contributed by atoms with Crippen molar-refractivity contribution in [1.82, 2.24) is 9.97 Å². The van der Waals surface area contributed by atoms with E-state index in [4.69, 9.17) is 0 Å². The molecular formula is C18H20N4O2. The molecule has 1 aromatic carbocycles. The Balaban J connectivity index is 1.60. The van der Waals surface area contributed by atoms with Gasteiger partial charge in [-0.05, 0) is 44.0 Å². The van der Waals surface area contributed by atoms with Gasteiger partial charge in [-0.15, -0.1) is 0 Å². The molecular weight excluding hydrogens is 304 g/mol. The lowest BCUT2D eigenvalue weighted by Crippen LogP contribution is -2.18. The topological polar surface area (TPSA) is 84.0 Å². The summed E-state index contributed by atoms with van der Waals surface area (Å²) in [4.78, 5) is 31.9. The van der Waals surface area contributed by atoms with E-state index in [-0.39, 0.29) is 11.7 Å². The molecule has 3 rings (SSSR count). The van der Waals surface area contributed by atoms with E-state index in [1.54, 1.807) is 24.3 Å². The van der Waals surface area contributed by atoms with Gasteiger partial charge >= 0.3 is 0 Å². The number of benzene rings is 1. The number of amides is 1. The van der Waals surface area contributed by atoms with Crippen LogP contribution in [0.4, 0.5) is 11.6 Å². The third-order valence-corrected chi connectivity index (χ3v) is 4.15. The van der Waals surface area contributed by atoms with Crippen LogP contribution in [0.15, 0.2) is 36.7 Å². The number of ketones is 1. The predicted molar refractivity (Wildman–Crippen MR) is 92.3 cm³/mol. The van der Waals surface area contributed by atoms with E-state index in [9.17, 15) is 9.59 Å². The van der Waals surface area contributed by atoms with E-state index in [1.165, 1.54) is 32.2 Å². The predicted octanol–water partition coefficient (Wildman–Crippen LogP) is 3.29. The van der Waals surface area contributed by atoms with Crippen LogP contribution in [0.25, 0.3) is 0 Å². The SMILES string of the molecule is CC(=O)c1ccc(NC(=O)c2cnc(NC3CCCC3)nc2)cc1. The van der Waals surface area contributed by atoms with Gasteiger partial charge in [0, 0.05) is 29.7 Å². The third-order valence-electron chi connectivity index (χ3n) is 4.15. The molecule has 6 nitrogen and oxygen atoms in total. The lowest BCUT2D eigenvalue weighted by Gasteiger charge is -2.11. The second-order valence-corrected chi connectivity index (χ2v) is 6.01. The molecule has 0 saturated heterocycles. The first-order valence-electron chi connectivity index (χ1n) is 8.13. The number of carbonyl (C=O) groups is 2. The standard InChI is InChI=1S/C18H20N4O2/c1-12(23)13-6-8-16(9-7-13)21-17(24)14-10-19-18(20-11-14)22-15-4-2-3-5-15/h6-11,15H,2-5H2,1H3,(H,21,24)(H,19,20,22). The number of anilines is 2. The Kier molecular flexibility index (Phi) is 4.84. The average molecular weight is 324 g/mol. The molecule has 124 valence electrons. The van der Waals surface area contributed by atoms with Gasteiger partial charge < -0.3 is 10.6 Å². The maximum Gasteiger partial charge on any atom is 0.258 e. The monoisotopic (exact) mass is 324 g/mol. The maximum absolute atomic E-state index is 12.2. The van der Waals surface area contributed by atoms with Gasteiger partial charge in [0.1, 0.15) is 0 Å². The van der Waals surface area contributed by atoms with Crippen molar-refractivity contribution in [2.24, 2.45) is 0 Å². The van der Waals surface area contributed by atoms with Crippen molar-refractivity contribution in [3.63, 3.8) is 0 Å². The number of Topliss-reactive ketones (excluding diaryl/α,β-unsaturated/α-hetero) is 1. The van der Waals surface area contributed by atoms with Crippen molar-refractivity contribution >= 4 is 23.3 Å². The van der Waals surface area contributed by atoms with Crippen LogP contribution in [0, 0.1) is 0 Å². The highest BCUT2D eigenvalue weighted by molar-refractivity contribution is 6.04. The van der Waals surface area contributed by atoms with Crippen LogP contribution >= 0.6 is 0 Å². The van der Waals surface area contributed by atoms with Gasteiger partial charge in [0.2, 0.25) is 5.95 Å². The van der Waals surface area contributed by atoms with E-state index in [0.717, 1.165) is 12.8 Å². The summed E-state index contributed by atoms with van der Waals surface area (Å²) >= 11 is 0. The second kappa shape index (κ2) is 7.21. The number of nitrogens with one attached hydrogen (secondary N) is 2. The summed E-state index contributed by atoms with van der Waals surface area (Å²) in [7, 11) is 0. The summed E-state index contributed by atoms with van der Waals surface area (Å²) in [5, 5.41) is 6.05. The van der Waals surface area contributed by atoms with Gasteiger partial charge in [0.15, 0.2) is 5.78 Å². The Morgan fingerprint density at radius 1 is 1.00 bits per heavy atom. The Bertz CT molecular complexity index is 720. The first-order chi connectivity index (χ1) is 11.6. The van der Waals surface area contributed by atoms with Crippen LogP contribution in [-0.4, -0.2) is 27.7 Å². The molecule has 0 unspecified atom stereocenters. The molecule has 24 heavy (non-hydrogen) atoms. The molecule has 0 atom stereocenters. The number of hydrogen-bond acceptors (Lipinski definition) is 5. The van der Waals surface area contributed by atoms with E-state index in [0.29, 0.717) is 28.8 Å². The normalized spacial score (nSPS) is 14.4. The molecule has 0 radical (unpaired) electrons. The summed E-state index contributed by atoms with van der Waals surface area (Å²) in [6.07, 6.45) is 7.79. The van der Waals surface area contributed by atoms with Gasteiger partial charge in [-0.3, -0.25) is 9.59 Å². The van der Waals surface area contributed by atoms with E-state index >= 15 is 0 Å². The molecule has 1 aliphatic rings. The maximum atomic E-state index is 12.2. The Morgan fingerprint density at radius 2 is 1.62 bits per heavy atom. The summed E-state index contributed by atoms with van der Waals surface area (Å²) in [6, 6.07) is 7.20. The number of hydrogen-bond donors (Lipinski definition) is 2. The molecule has 0 spiro atoms. The van der Waals surface area contributed by atoms with Crippen LogP contribution in [0.5, 0.6) is 0 Å². The third kappa shape index (κ3) is 3.95. The smallest absolute Gasteiger partial charge is 0.258 e. The minimum Gasteiger partial charge on any atom is -0.351 e. The number of nitrogens with zero attached hydrogens (tertiary/aromatic N) is 2. The van der Waals surface area contributed by atoms with Crippen molar-refractivity contribution in [3.05, 3.63) is 47.8 Å². The van der Waals surface area contributed by atoms with Crippen molar-refractivity contribution in [1.29, 1.82) is 0 Å². The quantitative estimate of drug-likeness (QED) is 0.825. The van der Waals surface area contributed by atoms with Crippen LogP contribution in [0.2, 0.25) is 0 Å². The minimum absolute atomic E-state index is 0.00775. The fourth-order valence-corrected chi connectivity index (χ4v) is 2.76. The van der Waals surface area contributed by atoms with Crippen molar-refractivity contribution < 1.29 is 9.59 Å². The van der Waals surface area contributed by atoms with E-state index in [1.807, 2.05) is 0 Å². The van der Waals surface area contributed by atoms with Crippen molar-refractivity contribution in [3.8, 4) is 0 Å². The Morgan fingerprint density at radius 3 is 2.21 bits per heavy atom. The first-order valence-corrected chi connectivity index (χ1v) is 8.13. The molecule has 1 heterocycles. The molecule has 1 amide bonds. The zero-order chi connectivity index (χ0) is 16.9. The summed E-state index contributed by atoms with van der Waals surface area (Å²) in [6.45, 7) is 1.51. The molecule has 1 fully saturated rings. The van der Waals surface area contributed by atoms with Gasteiger partial charge in [-0.25, -0.2) is 9.97 Å². The fraction of sp³-hybridized carbons (Fsp3) is 0.333. The van der Waals surface area contributed by atoms with Crippen LogP contribution in [0.3, 0.4) is 0 Å². The molecule has 6 heteroatoms. The molecule has 2 N–H and O–H groups in total. The van der Waals surface area contributed by atoms with Crippen LogP contribution in [-0.2, 0) is 0 Å². The van der Waals surface area contributed by atoms with Crippen LogP contribution in [0.1, 0.15) is 53.3 Å². The first kappa shape index (κ1) is 16.1. The highest BCUT2D eigenvalue weighted by Crippen LogP contribution is 2.20. The summed E-state index contributed by atoms with van der Waals surface area (Å²) in [5.74, 6) is 0.272. The lowest BCUT2D eigenvalue weighted by molar-refractivity contribution is 0.101. The van der Waals surface area contributed by atoms with E-state index in [2.05, 4.69) is 20.6 Å². The van der Waals surface area contributed by atoms with Gasteiger partial charge in [-0.1, -0.05) is 12.8 Å². The zero-order valence-corrected chi connectivity index (χ0v) is 13.6. The largest absolute Gasteiger partial charge is 0.351 e. The molecule has 0 aliphatic heterocycles. The van der Waals surface area contributed by atoms with Gasteiger partial charge in [0.05, 0.1) is 5.56 Å².